The standard InChI is InChI=1S/C18H20N2O3/c1-22-16-9-10-17(23-2)15(12-16)13-19-20-18(21)11-8-14-6-4-3-5-7-14/h3-7,9-10,12-13H,8,11H2,1-2H3,(H,20,21)/b19-13+. The van der Waals surface area contributed by atoms with E-state index in [1.807, 2.05) is 30.3 Å². The van der Waals surface area contributed by atoms with Gasteiger partial charge in [0.1, 0.15) is 11.5 Å². The summed E-state index contributed by atoms with van der Waals surface area (Å²) >= 11 is 0. The van der Waals surface area contributed by atoms with Crippen LogP contribution in [0.25, 0.3) is 0 Å². The maximum Gasteiger partial charge on any atom is 0.240 e. The van der Waals surface area contributed by atoms with Crippen LogP contribution in [-0.4, -0.2) is 26.3 Å². The van der Waals surface area contributed by atoms with Crippen LogP contribution in [0.15, 0.2) is 53.6 Å². The zero-order chi connectivity index (χ0) is 16.5. The highest BCUT2D eigenvalue weighted by Gasteiger charge is 2.04. The molecule has 0 saturated carbocycles. The Balaban J connectivity index is 1.89. The van der Waals surface area contributed by atoms with Crippen LogP contribution in [0.1, 0.15) is 17.5 Å². The molecule has 0 aliphatic rings. The van der Waals surface area contributed by atoms with Crippen molar-refractivity contribution < 1.29 is 14.3 Å². The molecule has 5 nitrogen and oxygen atoms in total. The van der Waals surface area contributed by atoms with Gasteiger partial charge in [0, 0.05) is 12.0 Å². The Morgan fingerprint density at radius 3 is 2.61 bits per heavy atom. The van der Waals surface area contributed by atoms with E-state index < -0.39 is 0 Å². The van der Waals surface area contributed by atoms with Crippen LogP contribution in [0, 0.1) is 0 Å². The second-order valence-electron chi connectivity index (χ2n) is 4.89. The van der Waals surface area contributed by atoms with Crippen molar-refractivity contribution in [3.63, 3.8) is 0 Å². The number of carbonyl (C=O) groups is 1. The van der Waals surface area contributed by atoms with Gasteiger partial charge in [0.15, 0.2) is 0 Å². The van der Waals surface area contributed by atoms with Crippen molar-refractivity contribution in [1.29, 1.82) is 0 Å². The molecule has 0 aromatic heterocycles. The van der Waals surface area contributed by atoms with Crippen molar-refractivity contribution in [3.05, 3.63) is 59.7 Å². The zero-order valence-corrected chi connectivity index (χ0v) is 13.3. The maximum absolute atomic E-state index is 11.8. The second-order valence-corrected chi connectivity index (χ2v) is 4.89. The van der Waals surface area contributed by atoms with Crippen LogP contribution >= 0.6 is 0 Å². The second kappa shape index (κ2) is 8.58. The van der Waals surface area contributed by atoms with Crippen molar-refractivity contribution in [2.24, 2.45) is 5.10 Å². The average Bonchev–Trinajstić information content (AvgIpc) is 2.60. The molecule has 0 aliphatic carbocycles. The lowest BCUT2D eigenvalue weighted by molar-refractivity contribution is -0.121. The largest absolute Gasteiger partial charge is 0.497 e. The Morgan fingerprint density at radius 2 is 1.91 bits per heavy atom. The molecule has 1 N–H and O–H groups in total. The third-order valence-corrected chi connectivity index (χ3v) is 3.31. The van der Waals surface area contributed by atoms with E-state index in [0.717, 1.165) is 11.1 Å². The predicted molar refractivity (Wildman–Crippen MR) is 90.0 cm³/mol. The number of carbonyl (C=O) groups excluding carboxylic acids is 1. The molecule has 0 saturated heterocycles. The fraction of sp³-hybridized carbons (Fsp3) is 0.222. The van der Waals surface area contributed by atoms with Gasteiger partial charge in [0.25, 0.3) is 0 Å². The number of hydrogen-bond acceptors (Lipinski definition) is 4. The first-order chi connectivity index (χ1) is 11.2. The minimum absolute atomic E-state index is 0.132. The first kappa shape index (κ1) is 16.5. The summed E-state index contributed by atoms with van der Waals surface area (Å²) < 4.78 is 10.4. The molecule has 2 aromatic rings. The van der Waals surface area contributed by atoms with Crippen molar-refractivity contribution in [3.8, 4) is 11.5 Å². The van der Waals surface area contributed by atoms with Crippen molar-refractivity contribution >= 4 is 12.1 Å². The molecule has 1 amide bonds. The lowest BCUT2D eigenvalue weighted by atomic mass is 10.1. The molecule has 0 atom stereocenters. The average molecular weight is 312 g/mol. The summed E-state index contributed by atoms with van der Waals surface area (Å²) in [6, 6.07) is 15.2. The van der Waals surface area contributed by atoms with Crippen LogP contribution in [0.2, 0.25) is 0 Å². The van der Waals surface area contributed by atoms with Crippen LogP contribution in [0.4, 0.5) is 0 Å². The van der Waals surface area contributed by atoms with E-state index in [1.165, 1.54) is 0 Å². The monoisotopic (exact) mass is 312 g/mol. The van der Waals surface area contributed by atoms with Crippen molar-refractivity contribution in [2.45, 2.75) is 12.8 Å². The Morgan fingerprint density at radius 1 is 1.13 bits per heavy atom. The van der Waals surface area contributed by atoms with Gasteiger partial charge in [0.2, 0.25) is 5.91 Å². The number of hydrazone groups is 1. The highest BCUT2D eigenvalue weighted by atomic mass is 16.5. The van der Waals surface area contributed by atoms with Crippen molar-refractivity contribution in [2.75, 3.05) is 14.2 Å². The number of nitrogens with one attached hydrogen (secondary N) is 1. The summed E-state index contributed by atoms with van der Waals surface area (Å²) in [7, 11) is 3.17. The number of amides is 1. The Labute approximate surface area is 135 Å². The Kier molecular flexibility index (Phi) is 6.17. The van der Waals surface area contributed by atoms with Crippen molar-refractivity contribution in [1.82, 2.24) is 5.43 Å². The first-order valence-electron chi connectivity index (χ1n) is 7.31. The van der Waals surface area contributed by atoms with E-state index >= 15 is 0 Å². The number of methoxy groups -OCH3 is 2. The molecular weight excluding hydrogens is 292 g/mol. The van der Waals surface area contributed by atoms with Gasteiger partial charge >= 0.3 is 0 Å². The Bertz CT molecular complexity index is 669. The molecule has 0 fully saturated rings. The predicted octanol–water partition coefficient (Wildman–Crippen LogP) is 2.79. The Hall–Kier alpha value is -2.82. The molecule has 5 heteroatoms. The fourth-order valence-electron chi connectivity index (χ4n) is 2.07. The van der Waals surface area contributed by atoms with Gasteiger partial charge in [-0.05, 0) is 30.2 Å². The van der Waals surface area contributed by atoms with Crippen LogP contribution < -0.4 is 14.9 Å². The molecule has 0 unspecified atom stereocenters. The van der Waals surface area contributed by atoms with E-state index in [1.54, 1.807) is 38.6 Å². The number of hydrogen-bond donors (Lipinski definition) is 1. The number of nitrogens with zero attached hydrogens (tertiary/aromatic N) is 1. The van der Waals surface area contributed by atoms with Gasteiger partial charge in [-0.2, -0.15) is 5.10 Å². The van der Waals surface area contributed by atoms with E-state index in [0.29, 0.717) is 24.3 Å². The summed E-state index contributed by atoms with van der Waals surface area (Å²) in [4.78, 5) is 11.8. The summed E-state index contributed by atoms with van der Waals surface area (Å²) in [6.07, 6.45) is 2.61. The van der Waals surface area contributed by atoms with Crippen LogP contribution in [0.3, 0.4) is 0 Å². The van der Waals surface area contributed by atoms with Gasteiger partial charge in [-0.25, -0.2) is 5.43 Å². The molecule has 0 bridgehead atoms. The molecule has 2 rings (SSSR count). The third kappa shape index (κ3) is 5.14. The minimum Gasteiger partial charge on any atom is -0.497 e. The smallest absolute Gasteiger partial charge is 0.240 e. The van der Waals surface area contributed by atoms with E-state index in [4.69, 9.17) is 9.47 Å². The van der Waals surface area contributed by atoms with E-state index in [2.05, 4.69) is 10.5 Å². The van der Waals surface area contributed by atoms with Crippen LogP contribution in [-0.2, 0) is 11.2 Å². The number of benzene rings is 2. The molecule has 120 valence electrons. The highest BCUT2D eigenvalue weighted by Crippen LogP contribution is 2.22. The number of aryl methyl sites for hydroxylation is 1. The summed E-state index contributed by atoms with van der Waals surface area (Å²) in [5, 5.41) is 3.98. The van der Waals surface area contributed by atoms with Crippen LogP contribution in [0.5, 0.6) is 11.5 Å². The van der Waals surface area contributed by atoms with E-state index in [9.17, 15) is 4.79 Å². The molecule has 0 radical (unpaired) electrons. The highest BCUT2D eigenvalue weighted by molar-refractivity contribution is 5.85. The molecule has 2 aromatic carbocycles. The molecular formula is C18H20N2O3. The van der Waals surface area contributed by atoms with E-state index in [-0.39, 0.29) is 5.91 Å². The number of ether oxygens (including phenoxy) is 2. The van der Waals surface area contributed by atoms with Gasteiger partial charge < -0.3 is 9.47 Å². The normalized spacial score (nSPS) is 10.5. The third-order valence-electron chi connectivity index (χ3n) is 3.31. The maximum atomic E-state index is 11.8. The lowest BCUT2D eigenvalue weighted by Gasteiger charge is -2.06. The lowest BCUT2D eigenvalue weighted by Crippen LogP contribution is -2.17. The molecule has 0 heterocycles. The summed E-state index contributed by atoms with van der Waals surface area (Å²) in [5.41, 5.74) is 4.38. The molecule has 23 heavy (non-hydrogen) atoms. The van der Waals surface area contributed by atoms with Gasteiger partial charge in [-0.1, -0.05) is 30.3 Å². The molecule has 0 aliphatic heterocycles. The zero-order valence-electron chi connectivity index (χ0n) is 13.3. The van der Waals surface area contributed by atoms with Gasteiger partial charge in [0.05, 0.1) is 20.4 Å². The summed E-state index contributed by atoms with van der Waals surface area (Å²) in [5.74, 6) is 1.22. The topological polar surface area (TPSA) is 59.9 Å². The number of rotatable bonds is 7. The SMILES string of the molecule is COc1ccc(OC)c(/C=N/NC(=O)CCc2ccccc2)c1. The summed E-state index contributed by atoms with van der Waals surface area (Å²) in [6.45, 7) is 0. The fourth-order valence-corrected chi connectivity index (χ4v) is 2.07. The first-order valence-corrected chi connectivity index (χ1v) is 7.31. The quantitative estimate of drug-likeness (QED) is 0.632. The minimum atomic E-state index is -0.132. The van der Waals surface area contributed by atoms with Gasteiger partial charge in [-0.3, -0.25) is 4.79 Å². The molecule has 0 spiro atoms. The van der Waals surface area contributed by atoms with Gasteiger partial charge in [-0.15, -0.1) is 0 Å².